The zero-order valence-electron chi connectivity index (χ0n) is 16.2. The fourth-order valence-corrected chi connectivity index (χ4v) is 5.43. The van der Waals surface area contributed by atoms with Crippen molar-refractivity contribution < 1.29 is 17.9 Å². The van der Waals surface area contributed by atoms with Crippen molar-refractivity contribution in [3.63, 3.8) is 0 Å². The van der Waals surface area contributed by atoms with Crippen LogP contribution >= 0.6 is 11.6 Å². The summed E-state index contributed by atoms with van der Waals surface area (Å²) in [6.07, 6.45) is 1.78. The van der Waals surface area contributed by atoms with Gasteiger partial charge in [0, 0.05) is 24.2 Å². The number of halogens is 2. The lowest BCUT2D eigenvalue weighted by molar-refractivity contribution is 0.113. The van der Waals surface area contributed by atoms with E-state index in [-0.39, 0.29) is 28.6 Å². The molecule has 2 N–H and O–H groups in total. The second kappa shape index (κ2) is 8.40. The predicted molar refractivity (Wildman–Crippen MR) is 113 cm³/mol. The van der Waals surface area contributed by atoms with Gasteiger partial charge in [0.05, 0.1) is 28.6 Å². The molecule has 1 aliphatic rings. The van der Waals surface area contributed by atoms with Gasteiger partial charge in [-0.1, -0.05) is 11.6 Å². The summed E-state index contributed by atoms with van der Waals surface area (Å²) in [5.74, 6) is -0.205. The van der Waals surface area contributed by atoms with Crippen LogP contribution in [-0.4, -0.2) is 47.0 Å². The van der Waals surface area contributed by atoms with Crippen LogP contribution in [0.3, 0.4) is 0 Å². The monoisotopic (exact) mass is 460 g/mol. The number of aromatic nitrogens is 2. The van der Waals surface area contributed by atoms with Crippen LogP contribution in [0.2, 0.25) is 5.02 Å². The van der Waals surface area contributed by atoms with Crippen molar-refractivity contribution in [2.45, 2.75) is 23.8 Å². The number of rotatable bonds is 4. The summed E-state index contributed by atoms with van der Waals surface area (Å²) in [5, 5.41) is 18.8. The summed E-state index contributed by atoms with van der Waals surface area (Å²) < 4.78 is 41.1. The van der Waals surface area contributed by atoms with Gasteiger partial charge in [0.15, 0.2) is 0 Å². The van der Waals surface area contributed by atoms with E-state index < -0.39 is 21.9 Å². The maximum absolute atomic E-state index is 13.6. The largest absolute Gasteiger partial charge is 0.393 e. The van der Waals surface area contributed by atoms with Gasteiger partial charge in [-0.3, -0.25) is 0 Å². The highest BCUT2D eigenvalue weighted by atomic mass is 35.5. The van der Waals surface area contributed by atoms with Crippen molar-refractivity contribution in [3.05, 3.63) is 59.0 Å². The summed E-state index contributed by atoms with van der Waals surface area (Å²) in [7, 11) is -3.83. The Bertz CT molecular complexity index is 1280. The van der Waals surface area contributed by atoms with E-state index in [1.807, 2.05) is 0 Å². The van der Waals surface area contributed by atoms with E-state index in [9.17, 15) is 17.9 Å². The number of nitrogens with one attached hydrogen (secondary N) is 1. The molecular formula is C21H18ClFN4O3S. The quantitative estimate of drug-likeness (QED) is 0.618. The van der Waals surface area contributed by atoms with Crippen LogP contribution in [0.15, 0.2) is 47.5 Å². The summed E-state index contributed by atoms with van der Waals surface area (Å²) in [5.41, 5.74) is 1.55. The molecule has 0 amide bonds. The number of piperidine rings is 1. The lowest BCUT2D eigenvalue weighted by Crippen LogP contribution is -2.40. The van der Waals surface area contributed by atoms with Gasteiger partial charge in [-0.25, -0.2) is 17.8 Å². The molecule has 0 radical (unpaired) electrons. The number of nitrogens with zero attached hydrogens (tertiary/aromatic N) is 3. The number of sulfonamides is 1. The minimum Gasteiger partial charge on any atom is -0.393 e. The van der Waals surface area contributed by atoms with E-state index in [2.05, 4.69) is 9.97 Å². The Labute approximate surface area is 183 Å². The molecule has 1 aromatic heterocycles. The Kier molecular flexibility index (Phi) is 5.81. The topological polar surface area (TPSA) is 110 Å². The molecule has 2 heterocycles. The maximum atomic E-state index is 13.6. The van der Waals surface area contributed by atoms with Crippen LogP contribution in [0, 0.1) is 17.1 Å². The molecule has 3 aromatic rings. The summed E-state index contributed by atoms with van der Waals surface area (Å²) in [4.78, 5) is 7.34. The van der Waals surface area contributed by atoms with Gasteiger partial charge < -0.3 is 10.1 Å². The average Bonchev–Trinajstić information content (AvgIpc) is 3.25. The van der Waals surface area contributed by atoms with Gasteiger partial charge in [-0.05, 0) is 49.2 Å². The lowest BCUT2D eigenvalue weighted by Gasteiger charge is -2.29. The Morgan fingerprint density at radius 1 is 1.19 bits per heavy atom. The SMILES string of the molecule is N#Cc1cc(-c2cnc(-c3ccc(Cl)c(S(=O)(=O)N4CCC(O)CC4)c3)[nH]2)ccc1F. The molecule has 7 nitrogen and oxygen atoms in total. The van der Waals surface area contributed by atoms with Crippen LogP contribution in [-0.2, 0) is 10.0 Å². The van der Waals surface area contributed by atoms with E-state index in [0.29, 0.717) is 35.5 Å². The van der Waals surface area contributed by atoms with E-state index in [1.165, 1.54) is 40.8 Å². The summed E-state index contributed by atoms with van der Waals surface area (Å²) in [6.45, 7) is 0.446. The van der Waals surface area contributed by atoms with E-state index >= 15 is 0 Å². The van der Waals surface area contributed by atoms with Gasteiger partial charge in [0.25, 0.3) is 0 Å². The van der Waals surface area contributed by atoms with E-state index in [0.717, 1.165) is 0 Å². The third kappa shape index (κ3) is 4.20. The third-order valence-electron chi connectivity index (χ3n) is 5.22. The van der Waals surface area contributed by atoms with E-state index in [4.69, 9.17) is 16.9 Å². The van der Waals surface area contributed by atoms with Crippen LogP contribution in [0.4, 0.5) is 4.39 Å². The number of H-pyrrole nitrogens is 1. The normalized spacial score (nSPS) is 15.7. The number of aliphatic hydroxyl groups excluding tert-OH is 1. The molecule has 0 bridgehead atoms. The maximum Gasteiger partial charge on any atom is 0.244 e. The first-order chi connectivity index (χ1) is 14.8. The molecule has 31 heavy (non-hydrogen) atoms. The molecule has 160 valence electrons. The molecule has 1 saturated heterocycles. The Hall–Kier alpha value is -2.77. The van der Waals surface area contributed by atoms with Crippen molar-refractivity contribution in [1.82, 2.24) is 14.3 Å². The number of aliphatic hydroxyl groups is 1. The molecule has 0 aliphatic carbocycles. The van der Waals surface area contributed by atoms with Crippen molar-refractivity contribution in [2.75, 3.05) is 13.1 Å². The molecule has 0 atom stereocenters. The molecule has 4 rings (SSSR count). The molecule has 1 aliphatic heterocycles. The van der Waals surface area contributed by atoms with Crippen molar-refractivity contribution >= 4 is 21.6 Å². The molecular weight excluding hydrogens is 443 g/mol. The van der Waals surface area contributed by atoms with E-state index in [1.54, 1.807) is 12.1 Å². The fourth-order valence-electron chi connectivity index (χ4n) is 3.46. The first-order valence-corrected chi connectivity index (χ1v) is 11.3. The highest BCUT2D eigenvalue weighted by molar-refractivity contribution is 7.89. The number of nitriles is 1. The lowest BCUT2D eigenvalue weighted by atomic mass is 10.1. The summed E-state index contributed by atoms with van der Waals surface area (Å²) >= 11 is 6.21. The first kappa shape index (κ1) is 21.5. The van der Waals surface area contributed by atoms with Gasteiger partial charge in [0.2, 0.25) is 10.0 Å². The molecule has 1 fully saturated rings. The smallest absolute Gasteiger partial charge is 0.244 e. The molecule has 10 heteroatoms. The molecule has 2 aromatic carbocycles. The number of hydrogen-bond donors (Lipinski definition) is 2. The Morgan fingerprint density at radius 3 is 2.61 bits per heavy atom. The number of hydrogen-bond acceptors (Lipinski definition) is 5. The van der Waals surface area contributed by atoms with Gasteiger partial charge in [-0.2, -0.15) is 9.57 Å². The van der Waals surface area contributed by atoms with Crippen LogP contribution < -0.4 is 0 Å². The van der Waals surface area contributed by atoms with Gasteiger partial charge >= 0.3 is 0 Å². The van der Waals surface area contributed by atoms with Crippen molar-refractivity contribution in [2.24, 2.45) is 0 Å². The minimum atomic E-state index is -3.83. The molecule has 0 saturated carbocycles. The Morgan fingerprint density at radius 2 is 1.90 bits per heavy atom. The van der Waals surface area contributed by atoms with Crippen LogP contribution in [0.25, 0.3) is 22.6 Å². The second-order valence-corrected chi connectivity index (χ2v) is 9.55. The average molecular weight is 461 g/mol. The van der Waals surface area contributed by atoms with Crippen LogP contribution in [0.1, 0.15) is 18.4 Å². The zero-order valence-corrected chi connectivity index (χ0v) is 17.8. The highest BCUT2D eigenvalue weighted by Gasteiger charge is 2.30. The summed E-state index contributed by atoms with van der Waals surface area (Å²) in [6, 6.07) is 10.5. The van der Waals surface area contributed by atoms with Gasteiger partial charge in [-0.15, -0.1) is 0 Å². The first-order valence-electron chi connectivity index (χ1n) is 9.53. The minimum absolute atomic E-state index is 0.0328. The number of benzene rings is 2. The Balaban J connectivity index is 1.67. The second-order valence-electron chi connectivity index (χ2n) is 7.23. The highest BCUT2D eigenvalue weighted by Crippen LogP contribution is 2.31. The third-order valence-corrected chi connectivity index (χ3v) is 7.60. The van der Waals surface area contributed by atoms with Crippen molar-refractivity contribution in [1.29, 1.82) is 5.26 Å². The standard InChI is InChI=1S/C21H18ClFN4O3S/c22-17-3-1-14(10-20(17)31(29,30)27-7-5-16(28)6-8-27)21-25-12-19(26-21)13-2-4-18(23)15(9-13)11-24/h1-4,9-10,12,16,28H,5-8H2,(H,25,26). The van der Waals surface area contributed by atoms with Gasteiger partial charge in [0.1, 0.15) is 22.6 Å². The van der Waals surface area contributed by atoms with Crippen molar-refractivity contribution in [3.8, 4) is 28.7 Å². The zero-order chi connectivity index (χ0) is 22.2. The van der Waals surface area contributed by atoms with Crippen LogP contribution in [0.5, 0.6) is 0 Å². The predicted octanol–water partition coefficient (Wildman–Crippen LogP) is 3.55. The fraction of sp³-hybridized carbons (Fsp3) is 0.238. The number of imidazole rings is 1. The molecule has 0 unspecified atom stereocenters. The number of aromatic amines is 1. The molecule has 0 spiro atoms.